The quantitative estimate of drug-likeness (QED) is 0.522. The second-order valence-corrected chi connectivity index (χ2v) is 4.43. The summed E-state index contributed by atoms with van der Waals surface area (Å²) >= 11 is 0. The highest BCUT2D eigenvalue weighted by Gasteiger charge is 2.12. The van der Waals surface area contributed by atoms with Crippen LogP contribution in [-0.2, 0) is 0 Å². The number of nitrogens with zero attached hydrogens (tertiary/aromatic N) is 3. The summed E-state index contributed by atoms with van der Waals surface area (Å²) in [5.74, 6) is 0.709. The van der Waals surface area contributed by atoms with Crippen molar-refractivity contribution in [1.82, 2.24) is 14.4 Å². The first-order valence-corrected chi connectivity index (χ1v) is 6.13. The van der Waals surface area contributed by atoms with Crippen molar-refractivity contribution in [3.8, 4) is 11.4 Å². The first-order valence-electron chi connectivity index (χ1n) is 6.13. The Balaban J connectivity index is 2.03. The molecule has 0 amide bonds. The summed E-state index contributed by atoms with van der Waals surface area (Å²) < 4.78 is 7.20. The molecule has 20 heavy (non-hydrogen) atoms. The van der Waals surface area contributed by atoms with Gasteiger partial charge in [0.2, 0.25) is 0 Å². The Kier molecular flexibility index (Phi) is 2.20. The van der Waals surface area contributed by atoms with Gasteiger partial charge < -0.3 is 4.42 Å². The Morgan fingerprint density at radius 1 is 1.20 bits per heavy atom. The van der Waals surface area contributed by atoms with Gasteiger partial charge in [0, 0.05) is 11.8 Å². The molecule has 0 unspecified atom stereocenters. The van der Waals surface area contributed by atoms with Crippen LogP contribution in [0.2, 0.25) is 0 Å². The molecule has 5 heteroatoms. The number of benzene rings is 1. The van der Waals surface area contributed by atoms with Crippen LogP contribution in [0.15, 0.2) is 53.4 Å². The minimum Gasteiger partial charge on any atom is -0.443 e. The van der Waals surface area contributed by atoms with E-state index >= 15 is 0 Å². The smallest absolute Gasteiger partial charge is 0.181 e. The number of oxazole rings is 1. The molecular weight excluding hydrogens is 254 g/mol. The van der Waals surface area contributed by atoms with Crippen LogP contribution in [0.5, 0.6) is 0 Å². The van der Waals surface area contributed by atoms with Crippen LogP contribution in [0.25, 0.3) is 28.0 Å². The number of carbonyl (C=O) groups is 1. The molecule has 0 bridgehead atoms. The van der Waals surface area contributed by atoms with Gasteiger partial charge in [-0.15, -0.1) is 0 Å². The Bertz CT molecular complexity index is 937. The number of fused-ring (bicyclic) bond motifs is 2. The van der Waals surface area contributed by atoms with Crippen LogP contribution >= 0.6 is 0 Å². The van der Waals surface area contributed by atoms with Crippen LogP contribution in [0.1, 0.15) is 10.5 Å². The van der Waals surface area contributed by atoms with Gasteiger partial charge in [0.15, 0.2) is 18.3 Å². The van der Waals surface area contributed by atoms with E-state index < -0.39 is 0 Å². The van der Waals surface area contributed by atoms with Crippen molar-refractivity contribution < 1.29 is 9.21 Å². The maximum absolute atomic E-state index is 11.1. The lowest BCUT2D eigenvalue weighted by Gasteiger charge is -2.00. The average Bonchev–Trinajstić information content (AvgIpc) is 3.10. The minimum absolute atomic E-state index is 0.429. The molecule has 4 aromatic rings. The van der Waals surface area contributed by atoms with Gasteiger partial charge >= 0.3 is 0 Å². The van der Waals surface area contributed by atoms with E-state index in [2.05, 4.69) is 9.97 Å². The van der Waals surface area contributed by atoms with Crippen LogP contribution in [0, 0.1) is 0 Å². The van der Waals surface area contributed by atoms with Crippen molar-refractivity contribution in [3.63, 3.8) is 0 Å². The van der Waals surface area contributed by atoms with Crippen LogP contribution in [0.3, 0.4) is 0 Å². The molecular formula is C15H9N3O2. The van der Waals surface area contributed by atoms with E-state index in [1.54, 1.807) is 0 Å². The van der Waals surface area contributed by atoms with Crippen molar-refractivity contribution >= 4 is 22.9 Å². The molecule has 0 aliphatic carbocycles. The summed E-state index contributed by atoms with van der Waals surface area (Å²) in [6.07, 6.45) is 4.07. The molecule has 5 nitrogen and oxygen atoms in total. The molecule has 0 spiro atoms. The topological polar surface area (TPSA) is 60.4 Å². The molecule has 1 aromatic carbocycles. The van der Waals surface area contributed by atoms with Crippen LogP contribution in [-0.4, -0.2) is 20.7 Å². The van der Waals surface area contributed by atoms with Gasteiger partial charge in [-0.1, -0.05) is 6.07 Å². The highest BCUT2D eigenvalue weighted by Crippen LogP contribution is 2.25. The zero-order valence-electron chi connectivity index (χ0n) is 10.4. The van der Waals surface area contributed by atoms with Gasteiger partial charge in [0.1, 0.15) is 17.0 Å². The van der Waals surface area contributed by atoms with Gasteiger partial charge in [-0.3, -0.25) is 9.20 Å². The fraction of sp³-hybridized carbons (Fsp3) is 0. The molecule has 0 saturated carbocycles. The molecule has 0 saturated heterocycles. The lowest BCUT2D eigenvalue weighted by Crippen LogP contribution is -1.88. The number of imidazole rings is 1. The summed E-state index contributed by atoms with van der Waals surface area (Å²) in [7, 11) is 0. The first kappa shape index (κ1) is 10.9. The molecule has 96 valence electrons. The molecule has 0 aliphatic heterocycles. The molecule has 3 heterocycles. The normalized spacial score (nSPS) is 11.2. The number of pyridine rings is 1. The van der Waals surface area contributed by atoms with E-state index in [9.17, 15) is 4.79 Å². The van der Waals surface area contributed by atoms with Gasteiger partial charge in [0.25, 0.3) is 0 Å². The predicted octanol–water partition coefficient (Wildman–Crippen LogP) is 2.96. The number of hydrogen-bond acceptors (Lipinski definition) is 4. The maximum atomic E-state index is 11.1. The fourth-order valence-electron chi connectivity index (χ4n) is 2.35. The lowest BCUT2D eigenvalue weighted by molar-refractivity contribution is 0.112. The summed E-state index contributed by atoms with van der Waals surface area (Å²) in [6, 6.07) is 11.3. The molecule has 0 radical (unpaired) electrons. The standard InChI is InChI=1S/C15H9N3O2/c19-8-12-13-3-1-2-6-18(13)15(17-12)10-4-5-11-14(7-10)20-9-16-11/h1-9H. The van der Waals surface area contributed by atoms with E-state index in [0.717, 1.165) is 22.9 Å². The van der Waals surface area contributed by atoms with Crippen molar-refractivity contribution in [2.75, 3.05) is 0 Å². The zero-order valence-corrected chi connectivity index (χ0v) is 10.4. The van der Waals surface area contributed by atoms with Crippen molar-refractivity contribution in [2.24, 2.45) is 0 Å². The van der Waals surface area contributed by atoms with Crippen molar-refractivity contribution in [1.29, 1.82) is 0 Å². The SMILES string of the molecule is O=Cc1nc(-c2ccc3ncoc3c2)n2ccccc12. The number of aldehydes is 1. The highest BCUT2D eigenvalue weighted by atomic mass is 16.3. The maximum Gasteiger partial charge on any atom is 0.181 e. The fourth-order valence-corrected chi connectivity index (χ4v) is 2.35. The van der Waals surface area contributed by atoms with Gasteiger partial charge in [0.05, 0.1) is 5.52 Å². The van der Waals surface area contributed by atoms with Crippen molar-refractivity contribution in [3.05, 3.63) is 54.7 Å². The molecule has 3 aromatic heterocycles. The first-order chi connectivity index (χ1) is 9.86. The monoisotopic (exact) mass is 263 g/mol. The Hall–Kier alpha value is -2.95. The van der Waals surface area contributed by atoms with Crippen LogP contribution < -0.4 is 0 Å². The number of hydrogen-bond donors (Lipinski definition) is 0. The molecule has 4 rings (SSSR count). The van der Waals surface area contributed by atoms with Crippen LogP contribution in [0.4, 0.5) is 0 Å². The number of aromatic nitrogens is 3. The van der Waals surface area contributed by atoms with E-state index in [1.165, 1.54) is 6.39 Å². The summed E-state index contributed by atoms with van der Waals surface area (Å²) in [5.41, 5.74) is 3.59. The number of carbonyl (C=O) groups excluding carboxylic acids is 1. The second-order valence-electron chi connectivity index (χ2n) is 4.43. The molecule has 0 atom stereocenters. The predicted molar refractivity (Wildman–Crippen MR) is 73.6 cm³/mol. The minimum atomic E-state index is 0.429. The van der Waals surface area contributed by atoms with Gasteiger partial charge in [-0.05, 0) is 30.3 Å². The van der Waals surface area contributed by atoms with E-state index in [0.29, 0.717) is 17.1 Å². The summed E-state index contributed by atoms with van der Waals surface area (Å²) in [5, 5.41) is 0. The molecule has 0 fully saturated rings. The van der Waals surface area contributed by atoms with Gasteiger partial charge in [-0.25, -0.2) is 9.97 Å². The Morgan fingerprint density at radius 2 is 2.15 bits per heavy atom. The third-order valence-electron chi connectivity index (χ3n) is 3.28. The average molecular weight is 263 g/mol. The van der Waals surface area contributed by atoms with E-state index in [-0.39, 0.29) is 0 Å². The molecule has 0 aliphatic rings. The number of rotatable bonds is 2. The zero-order chi connectivity index (χ0) is 13.5. The summed E-state index contributed by atoms with van der Waals surface area (Å²) in [6.45, 7) is 0. The molecule has 0 N–H and O–H groups in total. The van der Waals surface area contributed by atoms with Gasteiger partial charge in [-0.2, -0.15) is 0 Å². The largest absolute Gasteiger partial charge is 0.443 e. The lowest BCUT2D eigenvalue weighted by atomic mass is 10.2. The van der Waals surface area contributed by atoms with E-state index in [1.807, 2.05) is 47.0 Å². The highest BCUT2D eigenvalue weighted by molar-refractivity contribution is 5.87. The second kappa shape index (κ2) is 4.03. The Labute approximate surface area is 113 Å². The third-order valence-corrected chi connectivity index (χ3v) is 3.28. The third kappa shape index (κ3) is 1.46. The Morgan fingerprint density at radius 3 is 3.05 bits per heavy atom. The van der Waals surface area contributed by atoms with E-state index in [4.69, 9.17) is 4.42 Å². The van der Waals surface area contributed by atoms with Crippen molar-refractivity contribution in [2.45, 2.75) is 0 Å². The summed E-state index contributed by atoms with van der Waals surface area (Å²) in [4.78, 5) is 19.6.